The number of nitrogens with one attached hydrogen (secondary N) is 2. The summed E-state index contributed by atoms with van der Waals surface area (Å²) in [4.78, 5) is 13.9. The monoisotopic (exact) mass is 430 g/mol. The third kappa shape index (κ3) is 6.83. The standard InChI is InChI=1S/C19H31FN4O4S/c1-5-29(26,27)23(4)10-6-9-21-19(25)22-16-7-8-18(17(20)11-16)24-12-14(2)28-15(3)13-24/h7-8,11,14-15H,5-6,9-10,12-13H2,1-4H3,(H2,21,22,25). The lowest BCUT2D eigenvalue weighted by Crippen LogP contribution is -2.45. The van der Waals surface area contributed by atoms with Crippen molar-refractivity contribution in [1.82, 2.24) is 9.62 Å². The van der Waals surface area contributed by atoms with Crippen molar-refractivity contribution in [3.63, 3.8) is 0 Å². The smallest absolute Gasteiger partial charge is 0.319 e. The zero-order valence-corrected chi connectivity index (χ0v) is 18.3. The van der Waals surface area contributed by atoms with Crippen LogP contribution in [0.3, 0.4) is 0 Å². The first-order valence-corrected chi connectivity index (χ1v) is 11.4. The first-order chi connectivity index (χ1) is 13.6. The topological polar surface area (TPSA) is 91.0 Å². The Balaban J connectivity index is 1.83. The predicted octanol–water partition coefficient (Wildman–Crippen LogP) is 2.23. The van der Waals surface area contributed by atoms with Gasteiger partial charge in [-0.25, -0.2) is 21.9 Å². The van der Waals surface area contributed by atoms with Crippen LogP contribution in [0.1, 0.15) is 27.2 Å². The van der Waals surface area contributed by atoms with E-state index in [-0.39, 0.29) is 18.0 Å². The molecule has 1 aliphatic rings. The Kier molecular flexibility index (Phi) is 8.23. The van der Waals surface area contributed by atoms with E-state index in [2.05, 4.69) is 10.6 Å². The summed E-state index contributed by atoms with van der Waals surface area (Å²) in [6.07, 6.45) is 0.519. The van der Waals surface area contributed by atoms with E-state index < -0.39 is 21.9 Å². The van der Waals surface area contributed by atoms with Gasteiger partial charge in [0.25, 0.3) is 0 Å². The summed E-state index contributed by atoms with van der Waals surface area (Å²) in [5.41, 5.74) is 0.835. The number of hydrogen-bond donors (Lipinski definition) is 2. The van der Waals surface area contributed by atoms with Crippen molar-refractivity contribution in [3.8, 4) is 0 Å². The highest BCUT2D eigenvalue weighted by molar-refractivity contribution is 7.89. The van der Waals surface area contributed by atoms with Gasteiger partial charge in [-0.1, -0.05) is 0 Å². The zero-order chi connectivity index (χ0) is 21.6. The Morgan fingerprint density at radius 2 is 1.97 bits per heavy atom. The summed E-state index contributed by atoms with van der Waals surface area (Å²) in [5.74, 6) is -0.364. The molecule has 29 heavy (non-hydrogen) atoms. The van der Waals surface area contributed by atoms with Crippen molar-refractivity contribution in [3.05, 3.63) is 24.0 Å². The summed E-state index contributed by atoms with van der Waals surface area (Å²) >= 11 is 0. The number of hydrogen-bond acceptors (Lipinski definition) is 5. The molecule has 0 aliphatic carbocycles. The molecule has 0 saturated carbocycles. The molecule has 1 saturated heterocycles. The molecule has 0 aromatic heterocycles. The highest BCUT2D eigenvalue weighted by Crippen LogP contribution is 2.26. The molecule has 0 radical (unpaired) electrons. The zero-order valence-electron chi connectivity index (χ0n) is 17.4. The van der Waals surface area contributed by atoms with E-state index in [0.717, 1.165) is 0 Å². The molecule has 1 aliphatic heterocycles. The van der Waals surface area contributed by atoms with Crippen LogP contribution in [-0.4, -0.2) is 69.9 Å². The molecule has 1 aromatic rings. The highest BCUT2D eigenvalue weighted by atomic mass is 32.2. The summed E-state index contributed by atoms with van der Waals surface area (Å²) in [5, 5.41) is 5.24. The van der Waals surface area contributed by atoms with E-state index in [1.54, 1.807) is 19.1 Å². The summed E-state index contributed by atoms with van der Waals surface area (Å²) in [6, 6.07) is 4.14. The van der Waals surface area contributed by atoms with Crippen LogP contribution in [0.5, 0.6) is 0 Å². The van der Waals surface area contributed by atoms with Gasteiger partial charge >= 0.3 is 6.03 Å². The highest BCUT2D eigenvalue weighted by Gasteiger charge is 2.24. The number of amides is 2. The average molecular weight is 431 g/mol. The molecule has 1 fully saturated rings. The number of carbonyl (C=O) groups is 1. The van der Waals surface area contributed by atoms with E-state index >= 15 is 0 Å². The molecule has 2 N–H and O–H groups in total. The minimum Gasteiger partial charge on any atom is -0.372 e. The average Bonchev–Trinajstić information content (AvgIpc) is 2.64. The van der Waals surface area contributed by atoms with Crippen molar-refractivity contribution >= 4 is 27.4 Å². The molecule has 164 valence electrons. The van der Waals surface area contributed by atoms with E-state index in [4.69, 9.17) is 4.74 Å². The van der Waals surface area contributed by atoms with Gasteiger partial charge in [-0.05, 0) is 45.4 Å². The number of benzene rings is 1. The molecule has 2 rings (SSSR count). The maximum Gasteiger partial charge on any atom is 0.319 e. The second kappa shape index (κ2) is 10.2. The molecule has 0 spiro atoms. The first-order valence-electron chi connectivity index (χ1n) is 9.81. The van der Waals surface area contributed by atoms with E-state index in [1.807, 2.05) is 18.7 Å². The molecule has 2 unspecified atom stereocenters. The van der Waals surface area contributed by atoms with Gasteiger partial charge in [0.05, 0.1) is 23.6 Å². The third-order valence-corrected chi connectivity index (χ3v) is 6.60. The Morgan fingerprint density at radius 3 is 2.55 bits per heavy atom. The number of halogens is 1. The van der Waals surface area contributed by atoms with Gasteiger partial charge in [0.1, 0.15) is 5.82 Å². The van der Waals surface area contributed by atoms with E-state index in [1.165, 1.54) is 17.4 Å². The SMILES string of the molecule is CCS(=O)(=O)N(C)CCCNC(=O)Nc1ccc(N2CC(C)OC(C)C2)c(F)c1. The Bertz CT molecular complexity index is 795. The minimum atomic E-state index is -3.22. The fraction of sp³-hybridized carbons (Fsp3) is 0.632. The van der Waals surface area contributed by atoms with Gasteiger partial charge in [-0.2, -0.15) is 0 Å². The van der Waals surface area contributed by atoms with Crippen LogP contribution in [0.15, 0.2) is 18.2 Å². The Hall–Kier alpha value is -1.91. The molecule has 2 atom stereocenters. The summed E-state index contributed by atoms with van der Waals surface area (Å²) < 4.78 is 44.8. The minimum absolute atomic E-state index is 0.0214. The Labute approximate surface area is 172 Å². The van der Waals surface area contributed by atoms with Crippen LogP contribution in [-0.2, 0) is 14.8 Å². The number of morpholine rings is 1. The van der Waals surface area contributed by atoms with Gasteiger partial charge in [-0.3, -0.25) is 0 Å². The molecule has 0 bridgehead atoms. The van der Waals surface area contributed by atoms with Crippen molar-refractivity contribution in [1.29, 1.82) is 0 Å². The number of sulfonamides is 1. The van der Waals surface area contributed by atoms with Crippen LogP contribution >= 0.6 is 0 Å². The van der Waals surface area contributed by atoms with Crippen molar-refractivity contribution in [2.24, 2.45) is 0 Å². The van der Waals surface area contributed by atoms with Gasteiger partial charge in [0.15, 0.2) is 0 Å². The van der Waals surface area contributed by atoms with Crippen LogP contribution in [0.2, 0.25) is 0 Å². The number of urea groups is 1. The third-order valence-electron chi connectivity index (χ3n) is 4.74. The summed E-state index contributed by atoms with van der Waals surface area (Å²) in [6.45, 7) is 7.33. The van der Waals surface area contributed by atoms with Crippen molar-refractivity contribution < 1.29 is 22.3 Å². The molecule has 8 nitrogen and oxygen atoms in total. The van der Waals surface area contributed by atoms with E-state index in [9.17, 15) is 17.6 Å². The Morgan fingerprint density at radius 1 is 1.31 bits per heavy atom. The number of carbonyl (C=O) groups excluding carboxylic acids is 1. The molecule has 10 heteroatoms. The van der Waals surface area contributed by atoms with E-state index in [0.29, 0.717) is 44.0 Å². The van der Waals surface area contributed by atoms with Gasteiger partial charge < -0.3 is 20.3 Å². The molecular formula is C19H31FN4O4S. The largest absolute Gasteiger partial charge is 0.372 e. The quantitative estimate of drug-likeness (QED) is 0.617. The lowest BCUT2D eigenvalue weighted by atomic mass is 10.2. The fourth-order valence-electron chi connectivity index (χ4n) is 3.25. The first kappa shape index (κ1) is 23.4. The van der Waals surface area contributed by atoms with Crippen LogP contribution in [0.25, 0.3) is 0 Å². The second-order valence-corrected chi connectivity index (χ2v) is 9.65. The molecule has 1 heterocycles. The maximum atomic E-state index is 14.6. The maximum absolute atomic E-state index is 14.6. The molecule has 1 aromatic carbocycles. The lowest BCUT2D eigenvalue weighted by molar-refractivity contribution is -0.00539. The van der Waals surface area contributed by atoms with Gasteiger partial charge in [0, 0.05) is 38.9 Å². The molecular weight excluding hydrogens is 399 g/mol. The lowest BCUT2D eigenvalue weighted by Gasteiger charge is -2.37. The number of ether oxygens (including phenoxy) is 1. The van der Waals surface area contributed by atoms with Gasteiger partial charge in [0.2, 0.25) is 10.0 Å². The fourth-order valence-corrected chi connectivity index (χ4v) is 4.10. The van der Waals surface area contributed by atoms with Crippen molar-refractivity contribution in [2.45, 2.75) is 39.4 Å². The summed E-state index contributed by atoms with van der Waals surface area (Å²) in [7, 11) is -1.71. The number of nitrogens with zero attached hydrogens (tertiary/aromatic N) is 2. The van der Waals surface area contributed by atoms with Crippen molar-refractivity contribution in [2.75, 3.05) is 49.2 Å². The number of anilines is 2. The van der Waals surface area contributed by atoms with Crippen LogP contribution in [0, 0.1) is 5.82 Å². The second-order valence-electron chi connectivity index (χ2n) is 7.29. The van der Waals surface area contributed by atoms with Crippen LogP contribution < -0.4 is 15.5 Å². The van der Waals surface area contributed by atoms with Gasteiger partial charge in [-0.15, -0.1) is 0 Å². The predicted molar refractivity (Wildman–Crippen MR) is 112 cm³/mol. The number of rotatable bonds is 8. The normalized spacial score (nSPS) is 20.0. The van der Waals surface area contributed by atoms with Crippen LogP contribution in [0.4, 0.5) is 20.6 Å². The molecule has 2 amide bonds.